The van der Waals surface area contributed by atoms with Crippen LogP contribution in [0.25, 0.3) is 0 Å². The first-order valence-corrected chi connectivity index (χ1v) is 7.54. The lowest BCUT2D eigenvalue weighted by Crippen LogP contribution is -2.34. The minimum absolute atomic E-state index is 0.0826. The fourth-order valence-electron chi connectivity index (χ4n) is 1.57. The SMILES string of the molecule is CCCCN(CCO)S(=O)(=O)c1ccc(NN)nc1. The highest BCUT2D eigenvalue weighted by atomic mass is 32.2. The van der Waals surface area contributed by atoms with Gasteiger partial charge in [-0.3, -0.25) is 0 Å². The van der Waals surface area contributed by atoms with Crippen LogP contribution in [0, 0.1) is 0 Å². The quantitative estimate of drug-likeness (QED) is 0.464. The second-order valence-corrected chi connectivity index (χ2v) is 5.94. The van der Waals surface area contributed by atoms with Crippen molar-refractivity contribution >= 4 is 15.8 Å². The Bertz CT molecular complexity index is 475. The number of aliphatic hydroxyl groups is 1. The van der Waals surface area contributed by atoms with Gasteiger partial charge in [-0.2, -0.15) is 4.31 Å². The third-order valence-corrected chi connectivity index (χ3v) is 4.51. The van der Waals surface area contributed by atoms with Gasteiger partial charge in [0.05, 0.1) is 6.61 Å². The smallest absolute Gasteiger partial charge is 0.244 e. The van der Waals surface area contributed by atoms with Crippen LogP contribution in [0.4, 0.5) is 5.82 Å². The number of hydrogen-bond acceptors (Lipinski definition) is 6. The molecular formula is C11H20N4O3S. The predicted molar refractivity (Wildman–Crippen MR) is 72.8 cm³/mol. The zero-order chi connectivity index (χ0) is 14.3. The summed E-state index contributed by atoms with van der Waals surface area (Å²) in [5, 5.41) is 8.98. The number of hydrogen-bond donors (Lipinski definition) is 3. The van der Waals surface area contributed by atoms with Crippen LogP contribution in [-0.4, -0.2) is 42.5 Å². The van der Waals surface area contributed by atoms with E-state index in [0.29, 0.717) is 12.4 Å². The van der Waals surface area contributed by atoms with Crippen molar-refractivity contribution in [2.45, 2.75) is 24.7 Å². The molecule has 0 aliphatic heterocycles. The molecule has 1 aromatic rings. The average molecular weight is 288 g/mol. The van der Waals surface area contributed by atoms with Crippen LogP contribution in [0.1, 0.15) is 19.8 Å². The molecule has 0 aromatic carbocycles. The summed E-state index contributed by atoms with van der Waals surface area (Å²) in [6.07, 6.45) is 2.88. The van der Waals surface area contributed by atoms with Crippen LogP contribution < -0.4 is 11.3 Å². The van der Waals surface area contributed by atoms with E-state index >= 15 is 0 Å². The normalized spacial score (nSPS) is 11.8. The summed E-state index contributed by atoms with van der Waals surface area (Å²) < 4.78 is 26.0. The molecule has 1 rings (SSSR count). The van der Waals surface area contributed by atoms with Crippen molar-refractivity contribution in [1.29, 1.82) is 0 Å². The fourth-order valence-corrected chi connectivity index (χ4v) is 2.98. The predicted octanol–water partition coefficient (Wildman–Crippen LogP) is 0.150. The Labute approximate surface area is 113 Å². The molecule has 0 saturated heterocycles. The third kappa shape index (κ3) is 4.13. The van der Waals surface area contributed by atoms with Crippen molar-refractivity contribution in [2.75, 3.05) is 25.1 Å². The number of hydrazine groups is 1. The van der Waals surface area contributed by atoms with Crippen LogP contribution in [0.2, 0.25) is 0 Å². The maximum Gasteiger partial charge on any atom is 0.244 e. The molecule has 0 unspecified atom stereocenters. The topological polar surface area (TPSA) is 109 Å². The van der Waals surface area contributed by atoms with Gasteiger partial charge in [-0.15, -0.1) is 0 Å². The first kappa shape index (κ1) is 15.8. The molecule has 1 aromatic heterocycles. The molecule has 8 heteroatoms. The first-order chi connectivity index (χ1) is 9.06. The molecule has 0 fully saturated rings. The Kier molecular flexibility index (Phi) is 6.16. The number of nitrogens with one attached hydrogen (secondary N) is 1. The van der Waals surface area contributed by atoms with Crippen LogP contribution in [0.3, 0.4) is 0 Å². The summed E-state index contributed by atoms with van der Waals surface area (Å²) >= 11 is 0. The first-order valence-electron chi connectivity index (χ1n) is 6.10. The Balaban J connectivity index is 2.96. The molecule has 0 atom stereocenters. The van der Waals surface area contributed by atoms with Crippen LogP contribution in [0.15, 0.2) is 23.2 Å². The van der Waals surface area contributed by atoms with Crippen molar-refractivity contribution in [3.05, 3.63) is 18.3 Å². The van der Waals surface area contributed by atoms with Crippen LogP contribution >= 0.6 is 0 Å². The zero-order valence-electron chi connectivity index (χ0n) is 10.9. The van der Waals surface area contributed by atoms with Gasteiger partial charge in [0.1, 0.15) is 10.7 Å². The highest BCUT2D eigenvalue weighted by Crippen LogP contribution is 2.16. The van der Waals surface area contributed by atoms with Crippen LogP contribution in [0.5, 0.6) is 0 Å². The van der Waals surface area contributed by atoms with Crippen molar-refractivity contribution in [2.24, 2.45) is 5.84 Å². The van der Waals surface area contributed by atoms with Gasteiger partial charge in [0.25, 0.3) is 0 Å². The molecule has 0 radical (unpaired) electrons. The molecule has 0 aliphatic carbocycles. The van der Waals surface area contributed by atoms with Gasteiger partial charge in [0.2, 0.25) is 10.0 Å². The Morgan fingerprint density at radius 1 is 1.42 bits per heavy atom. The van der Waals surface area contributed by atoms with Gasteiger partial charge < -0.3 is 10.5 Å². The van der Waals surface area contributed by atoms with Crippen molar-refractivity contribution < 1.29 is 13.5 Å². The second-order valence-electron chi connectivity index (χ2n) is 4.00. The Morgan fingerprint density at radius 2 is 2.16 bits per heavy atom. The minimum Gasteiger partial charge on any atom is -0.395 e. The van der Waals surface area contributed by atoms with Gasteiger partial charge in [-0.1, -0.05) is 13.3 Å². The number of nitrogen functional groups attached to an aromatic ring is 1. The number of pyridine rings is 1. The number of sulfonamides is 1. The molecule has 19 heavy (non-hydrogen) atoms. The van der Waals surface area contributed by atoms with Gasteiger partial charge in [-0.05, 0) is 18.6 Å². The number of rotatable bonds is 8. The summed E-state index contributed by atoms with van der Waals surface area (Å²) in [6.45, 7) is 2.24. The lowest BCUT2D eigenvalue weighted by atomic mass is 10.3. The molecule has 0 saturated carbocycles. The highest BCUT2D eigenvalue weighted by molar-refractivity contribution is 7.89. The molecule has 108 valence electrons. The van der Waals surface area contributed by atoms with Gasteiger partial charge >= 0.3 is 0 Å². The molecule has 0 aliphatic rings. The number of nitrogens with two attached hydrogens (primary N) is 1. The largest absolute Gasteiger partial charge is 0.395 e. The van der Waals surface area contributed by atoms with Crippen molar-refractivity contribution in [3.8, 4) is 0 Å². The van der Waals surface area contributed by atoms with E-state index in [1.165, 1.54) is 22.6 Å². The fraction of sp³-hybridized carbons (Fsp3) is 0.545. The third-order valence-electron chi connectivity index (χ3n) is 2.63. The standard InChI is InChI=1S/C11H20N4O3S/c1-2-3-6-15(7-8-16)19(17,18)10-4-5-11(14-12)13-9-10/h4-5,9,16H,2-3,6-8,12H2,1H3,(H,13,14). The van der Waals surface area contributed by atoms with Gasteiger partial charge in [-0.25, -0.2) is 19.2 Å². The average Bonchev–Trinajstić information content (AvgIpc) is 2.43. The Hall–Kier alpha value is -1.22. The maximum absolute atomic E-state index is 12.4. The summed E-state index contributed by atoms with van der Waals surface area (Å²) in [6, 6.07) is 2.93. The summed E-state index contributed by atoms with van der Waals surface area (Å²) in [4.78, 5) is 3.98. The van der Waals surface area contributed by atoms with Crippen molar-refractivity contribution in [3.63, 3.8) is 0 Å². The monoisotopic (exact) mass is 288 g/mol. The zero-order valence-corrected chi connectivity index (χ0v) is 11.7. The van der Waals surface area contributed by atoms with E-state index in [4.69, 9.17) is 10.9 Å². The molecule has 4 N–H and O–H groups in total. The van der Waals surface area contributed by atoms with E-state index in [1.807, 2.05) is 6.92 Å². The summed E-state index contributed by atoms with van der Waals surface area (Å²) in [7, 11) is -3.62. The van der Waals surface area contributed by atoms with Gasteiger partial charge in [0.15, 0.2) is 0 Å². The number of aliphatic hydroxyl groups excluding tert-OH is 1. The Morgan fingerprint density at radius 3 is 2.63 bits per heavy atom. The highest BCUT2D eigenvalue weighted by Gasteiger charge is 2.23. The summed E-state index contributed by atoms with van der Waals surface area (Å²) in [5.41, 5.74) is 2.33. The maximum atomic E-state index is 12.4. The van der Waals surface area contributed by atoms with E-state index in [2.05, 4.69) is 10.4 Å². The molecular weight excluding hydrogens is 268 g/mol. The number of unbranched alkanes of at least 4 members (excludes halogenated alkanes) is 1. The molecule has 0 spiro atoms. The van der Waals surface area contributed by atoms with E-state index in [1.54, 1.807) is 0 Å². The molecule has 1 heterocycles. The second kappa shape index (κ2) is 7.39. The lowest BCUT2D eigenvalue weighted by molar-refractivity contribution is 0.252. The van der Waals surface area contributed by atoms with Gasteiger partial charge in [0, 0.05) is 19.3 Å². The molecule has 0 amide bonds. The van der Waals surface area contributed by atoms with E-state index in [-0.39, 0.29) is 18.0 Å². The van der Waals surface area contributed by atoms with E-state index in [0.717, 1.165) is 12.8 Å². The van der Waals surface area contributed by atoms with Crippen molar-refractivity contribution in [1.82, 2.24) is 9.29 Å². The van der Waals surface area contributed by atoms with Crippen LogP contribution in [-0.2, 0) is 10.0 Å². The number of aromatic nitrogens is 1. The number of anilines is 1. The minimum atomic E-state index is -3.62. The van der Waals surface area contributed by atoms with E-state index < -0.39 is 10.0 Å². The lowest BCUT2D eigenvalue weighted by Gasteiger charge is -2.20. The molecule has 0 bridgehead atoms. The number of nitrogens with zero attached hydrogens (tertiary/aromatic N) is 2. The molecule has 7 nitrogen and oxygen atoms in total. The summed E-state index contributed by atoms with van der Waals surface area (Å²) in [5.74, 6) is 5.57. The van der Waals surface area contributed by atoms with E-state index in [9.17, 15) is 8.42 Å².